The van der Waals surface area contributed by atoms with Crippen molar-refractivity contribution in [3.8, 4) is 22.8 Å². The lowest BCUT2D eigenvalue weighted by Crippen LogP contribution is -2.32. The van der Waals surface area contributed by atoms with E-state index in [2.05, 4.69) is 20.3 Å². The summed E-state index contributed by atoms with van der Waals surface area (Å²) in [5.74, 6) is 1.87. The molecule has 1 amide bonds. The highest BCUT2D eigenvalue weighted by atomic mass is 35.5. The number of hydrogen-bond donors (Lipinski definition) is 0. The van der Waals surface area contributed by atoms with Crippen LogP contribution in [0.1, 0.15) is 37.5 Å². The Bertz CT molecular complexity index is 1270. The second-order valence-corrected chi connectivity index (χ2v) is 9.01. The Morgan fingerprint density at radius 2 is 1.62 bits per heavy atom. The van der Waals surface area contributed by atoms with Crippen LogP contribution in [0.5, 0.6) is 0 Å². The van der Waals surface area contributed by atoms with E-state index in [9.17, 15) is 4.79 Å². The molecule has 8 nitrogen and oxygen atoms in total. The number of aryl methyl sites for hydroxylation is 1. The molecule has 0 unspecified atom stereocenters. The summed E-state index contributed by atoms with van der Waals surface area (Å²) in [6.07, 6.45) is 3.46. The van der Waals surface area contributed by atoms with Gasteiger partial charge in [0, 0.05) is 40.1 Å². The van der Waals surface area contributed by atoms with Gasteiger partial charge in [0.2, 0.25) is 29.4 Å². The Balaban J connectivity index is 1.16. The van der Waals surface area contributed by atoms with E-state index >= 15 is 0 Å². The standard InChI is InChI=1S/C24H21Cl2N5O3/c25-17-8-4-15(5-9-17)23-27-20(34-30-23)2-1-3-22(32)31(19-12-13-19)14-21-28-29-24(33-21)16-6-10-18(26)11-7-16/h4-11,19H,1-3,12-14H2. The van der Waals surface area contributed by atoms with Crippen molar-refractivity contribution in [2.45, 2.75) is 44.7 Å². The summed E-state index contributed by atoms with van der Waals surface area (Å²) in [7, 11) is 0. The summed E-state index contributed by atoms with van der Waals surface area (Å²) in [6.45, 7) is 0.297. The molecule has 1 aliphatic carbocycles. The Labute approximate surface area is 205 Å². The average molecular weight is 498 g/mol. The average Bonchev–Trinajstić information content (AvgIpc) is 3.38. The lowest BCUT2D eigenvalue weighted by atomic mass is 10.2. The molecule has 4 aromatic rings. The van der Waals surface area contributed by atoms with Crippen LogP contribution < -0.4 is 0 Å². The summed E-state index contributed by atoms with van der Waals surface area (Å²) in [5, 5.41) is 13.5. The van der Waals surface area contributed by atoms with E-state index in [-0.39, 0.29) is 11.9 Å². The molecule has 0 spiro atoms. The van der Waals surface area contributed by atoms with E-state index in [1.54, 1.807) is 24.3 Å². The zero-order valence-corrected chi connectivity index (χ0v) is 19.7. The second-order valence-electron chi connectivity index (χ2n) is 8.13. The molecular weight excluding hydrogens is 477 g/mol. The topological polar surface area (TPSA) is 98.2 Å². The van der Waals surface area contributed by atoms with Gasteiger partial charge in [0.25, 0.3) is 0 Å². The third-order valence-corrected chi connectivity index (χ3v) is 6.03. The Kier molecular flexibility index (Phi) is 6.60. The first kappa shape index (κ1) is 22.6. The van der Waals surface area contributed by atoms with Gasteiger partial charge in [-0.2, -0.15) is 4.98 Å². The van der Waals surface area contributed by atoms with Crippen LogP contribution in [0, 0.1) is 0 Å². The predicted octanol–water partition coefficient (Wildman–Crippen LogP) is 5.61. The number of hydrogen-bond acceptors (Lipinski definition) is 7. The van der Waals surface area contributed by atoms with Gasteiger partial charge >= 0.3 is 0 Å². The van der Waals surface area contributed by atoms with Gasteiger partial charge in [-0.3, -0.25) is 4.79 Å². The molecule has 0 aliphatic heterocycles. The largest absolute Gasteiger partial charge is 0.419 e. The van der Waals surface area contributed by atoms with E-state index in [0.29, 0.717) is 59.3 Å². The van der Waals surface area contributed by atoms with E-state index < -0.39 is 0 Å². The summed E-state index contributed by atoms with van der Waals surface area (Å²) in [4.78, 5) is 19.2. The molecular formula is C24H21Cl2N5O3. The van der Waals surface area contributed by atoms with Gasteiger partial charge < -0.3 is 13.8 Å². The molecule has 34 heavy (non-hydrogen) atoms. The molecule has 10 heteroatoms. The van der Waals surface area contributed by atoms with Crippen LogP contribution in [0.3, 0.4) is 0 Å². The minimum absolute atomic E-state index is 0.0474. The molecule has 1 aliphatic rings. The van der Waals surface area contributed by atoms with E-state index in [0.717, 1.165) is 24.0 Å². The molecule has 2 heterocycles. The van der Waals surface area contributed by atoms with E-state index in [4.69, 9.17) is 32.1 Å². The fourth-order valence-electron chi connectivity index (χ4n) is 3.59. The van der Waals surface area contributed by atoms with Crippen LogP contribution in [0.15, 0.2) is 57.5 Å². The number of amides is 1. The number of carbonyl (C=O) groups excluding carboxylic acids is 1. The summed E-state index contributed by atoms with van der Waals surface area (Å²) < 4.78 is 11.1. The van der Waals surface area contributed by atoms with Crippen LogP contribution in [-0.2, 0) is 17.8 Å². The van der Waals surface area contributed by atoms with E-state index in [1.807, 2.05) is 29.2 Å². The molecule has 174 valence electrons. The zero-order valence-electron chi connectivity index (χ0n) is 18.2. The fraction of sp³-hybridized carbons (Fsp3) is 0.292. The van der Waals surface area contributed by atoms with Crippen molar-refractivity contribution < 1.29 is 13.7 Å². The lowest BCUT2D eigenvalue weighted by Gasteiger charge is -2.20. The summed E-state index contributed by atoms with van der Waals surface area (Å²) >= 11 is 11.9. The van der Waals surface area contributed by atoms with Gasteiger partial charge in [-0.25, -0.2) is 0 Å². The summed E-state index contributed by atoms with van der Waals surface area (Å²) in [6, 6.07) is 14.6. The Morgan fingerprint density at radius 1 is 0.941 bits per heavy atom. The highest BCUT2D eigenvalue weighted by Crippen LogP contribution is 2.30. The van der Waals surface area contributed by atoms with Crippen molar-refractivity contribution in [2.24, 2.45) is 0 Å². The van der Waals surface area contributed by atoms with Gasteiger partial charge in [0.15, 0.2) is 0 Å². The fourth-order valence-corrected chi connectivity index (χ4v) is 3.84. The van der Waals surface area contributed by atoms with Gasteiger partial charge in [0.1, 0.15) is 0 Å². The van der Waals surface area contributed by atoms with Gasteiger partial charge in [-0.1, -0.05) is 28.4 Å². The van der Waals surface area contributed by atoms with Crippen LogP contribution in [0.4, 0.5) is 0 Å². The first-order chi connectivity index (χ1) is 16.5. The Hall–Kier alpha value is -3.23. The molecule has 2 aromatic heterocycles. The molecule has 0 saturated heterocycles. The Morgan fingerprint density at radius 3 is 2.29 bits per heavy atom. The molecule has 1 fully saturated rings. The minimum atomic E-state index is 0.0474. The van der Waals surface area contributed by atoms with Crippen molar-refractivity contribution in [3.63, 3.8) is 0 Å². The number of benzene rings is 2. The molecule has 0 radical (unpaired) electrons. The third kappa shape index (κ3) is 5.46. The van der Waals surface area contributed by atoms with Gasteiger partial charge in [0.05, 0.1) is 6.54 Å². The maximum atomic E-state index is 12.9. The molecule has 0 N–H and O–H groups in total. The van der Waals surface area contributed by atoms with Crippen LogP contribution in [0.2, 0.25) is 10.0 Å². The van der Waals surface area contributed by atoms with Crippen molar-refractivity contribution in [1.82, 2.24) is 25.2 Å². The normalized spacial score (nSPS) is 13.2. The molecule has 5 rings (SSSR count). The molecule has 1 saturated carbocycles. The number of carbonyl (C=O) groups is 1. The number of halogens is 2. The highest BCUT2D eigenvalue weighted by molar-refractivity contribution is 6.30. The summed E-state index contributed by atoms with van der Waals surface area (Å²) in [5.41, 5.74) is 1.61. The van der Waals surface area contributed by atoms with Crippen molar-refractivity contribution in [2.75, 3.05) is 0 Å². The smallest absolute Gasteiger partial charge is 0.247 e. The molecule has 0 bridgehead atoms. The van der Waals surface area contributed by atoms with Crippen LogP contribution in [-0.4, -0.2) is 37.2 Å². The van der Waals surface area contributed by atoms with Crippen molar-refractivity contribution >= 4 is 29.1 Å². The predicted molar refractivity (Wildman–Crippen MR) is 126 cm³/mol. The van der Waals surface area contributed by atoms with Crippen molar-refractivity contribution in [1.29, 1.82) is 0 Å². The minimum Gasteiger partial charge on any atom is -0.419 e. The quantitative estimate of drug-likeness (QED) is 0.296. The highest BCUT2D eigenvalue weighted by Gasteiger charge is 2.33. The lowest BCUT2D eigenvalue weighted by molar-refractivity contribution is -0.132. The number of aromatic nitrogens is 4. The first-order valence-corrected chi connectivity index (χ1v) is 11.8. The zero-order chi connectivity index (χ0) is 23.5. The second kappa shape index (κ2) is 9.95. The molecule has 2 aromatic carbocycles. The number of nitrogens with zero attached hydrogens (tertiary/aromatic N) is 5. The van der Waals surface area contributed by atoms with E-state index in [1.165, 1.54) is 0 Å². The number of rotatable bonds is 9. The van der Waals surface area contributed by atoms with Crippen LogP contribution in [0.25, 0.3) is 22.8 Å². The third-order valence-electron chi connectivity index (χ3n) is 5.52. The monoisotopic (exact) mass is 497 g/mol. The van der Waals surface area contributed by atoms with Crippen molar-refractivity contribution in [3.05, 3.63) is 70.4 Å². The maximum absolute atomic E-state index is 12.9. The maximum Gasteiger partial charge on any atom is 0.247 e. The SMILES string of the molecule is O=C(CCCc1nc(-c2ccc(Cl)cc2)no1)N(Cc1nnc(-c2ccc(Cl)cc2)o1)C1CC1. The molecule has 0 atom stereocenters. The van der Waals surface area contributed by atoms with Gasteiger partial charge in [-0.15, -0.1) is 10.2 Å². The van der Waals surface area contributed by atoms with Gasteiger partial charge in [-0.05, 0) is 67.8 Å². The first-order valence-electron chi connectivity index (χ1n) is 11.0. The van der Waals surface area contributed by atoms with Crippen LogP contribution >= 0.6 is 23.2 Å².